The topological polar surface area (TPSA) is 8.17 Å². The Morgan fingerprint density at radius 2 is 0.953 bits per heavy atom. The van der Waals surface area contributed by atoms with Crippen molar-refractivity contribution in [2.75, 3.05) is 11.4 Å². The van der Waals surface area contributed by atoms with Crippen LogP contribution in [-0.4, -0.2) is 11.1 Å². The Morgan fingerprint density at radius 3 is 1.59 bits per heavy atom. The molecule has 0 amide bonds. The van der Waals surface area contributed by atoms with Crippen LogP contribution >= 0.6 is 0 Å². The second-order valence-electron chi connectivity index (χ2n) is 18.9. The molecule has 0 N–H and O–H groups in total. The summed E-state index contributed by atoms with van der Waals surface area (Å²) < 4.78 is 2.44. The molecule has 1 aliphatic carbocycles. The first-order valence-electron chi connectivity index (χ1n) is 25.2. The Bertz CT molecular complexity index is 2760. The minimum Gasteiger partial charge on any atom is -0.341 e. The van der Waals surface area contributed by atoms with Gasteiger partial charge in [0.2, 0.25) is 0 Å². The molecule has 2 heteroatoms. The third kappa shape index (κ3) is 8.78. The molecule has 64 heavy (non-hydrogen) atoms. The van der Waals surface area contributed by atoms with Crippen molar-refractivity contribution in [3.8, 4) is 11.1 Å². The summed E-state index contributed by atoms with van der Waals surface area (Å²) >= 11 is 0. The van der Waals surface area contributed by atoms with E-state index in [1.165, 1.54) is 168 Å². The van der Waals surface area contributed by atoms with Gasteiger partial charge in [-0.15, -0.1) is 0 Å². The standard InChI is InChI=1S/C62H70N2/c1-5-9-11-13-15-21-39-62(40-22-16-14-12-10-6-2)56-43-48(29-27-46-33-37-59-51(41-46)45-50-23-17-19-25-58(50)63(59)7-3)31-35-52(56)53-36-32-49(44-57(53)62)30-28-47-34-38-61-55(42-47)54-24-18-20-26-60(54)64(61)8-4/h17-20,23-38,41-44H,5-16,21-22,39-40,45H2,1-4H3. The quantitative estimate of drug-likeness (QED) is 0.0548. The highest BCUT2D eigenvalue weighted by Gasteiger charge is 2.42. The average Bonchev–Trinajstić information content (AvgIpc) is 3.79. The molecule has 2 heterocycles. The number of fused-ring (bicyclic) bond motifs is 8. The monoisotopic (exact) mass is 843 g/mol. The number of rotatable bonds is 20. The van der Waals surface area contributed by atoms with Crippen molar-refractivity contribution in [3.63, 3.8) is 0 Å². The average molecular weight is 843 g/mol. The van der Waals surface area contributed by atoms with Gasteiger partial charge < -0.3 is 9.47 Å². The van der Waals surface area contributed by atoms with E-state index >= 15 is 0 Å². The van der Waals surface area contributed by atoms with E-state index in [2.05, 4.69) is 183 Å². The van der Waals surface area contributed by atoms with Crippen LogP contribution in [0.5, 0.6) is 0 Å². The van der Waals surface area contributed by atoms with E-state index in [1.54, 1.807) is 11.1 Å². The van der Waals surface area contributed by atoms with Crippen LogP contribution in [0.3, 0.4) is 0 Å². The maximum atomic E-state index is 2.59. The number of aromatic nitrogens is 1. The molecule has 0 radical (unpaired) electrons. The third-order valence-corrected chi connectivity index (χ3v) is 14.7. The van der Waals surface area contributed by atoms with Crippen molar-refractivity contribution in [2.24, 2.45) is 0 Å². The van der Waals surface area contributed by atoms with Crippen LogP contribution in [0.25, 0.3) is 57.2 Å². The first-order valence-corrected chi connectivity index (χ1v) is 25.2. The van der Waals surface area contributed by atoms with Crippen molar-refractivity contribution in [1.29, 1.82) is 0 Å². The largest absolute Gasteiger partial charge is 0.341 e. The summed E-state index contributed by atoms with van der Waals surface area (Å²) in [4.78, 5) is 2.47. The summed E-state index contributed by atoms with van der Waals surface area (Å²) in [5, 5.41) is 2.68. The Kier molecular flexibility index (Phi) is 13.7. The van der Waals surface area contributed by atoms with Gasteiger partial charge >= 0.3 is 0 Å². The molecule has 9 rings (SSSR count). The molecular formula is C62H70N2. The van der Waals surface area contributed by atoms with Crippen LogP contribution in [0.4, 0.5) is 11.4 Å². The van der Waals surface area contributed by atoms with E-state index in [9.17, 15) is 0 Å². The van der Waals surface area contributed by atoms with E-state index < -0.39 is 0 Å². The van der Waals surface area contributed by atoms with E-state index in [-0.39, 0.29) is 5.41 Å². The summed E-state index contributed by atoms with van der Waals surface area (Å²) in [5.41, 5.74) is 19.3. The van der Waals surface area contributed by atoms with E-state index in [4.69, 9.17) is 0 Å². The molecule has 0 bridgehead atoms. The molecule has 0 atom stereocenters. The zero-order valence-electron chi connectivity index (χ0n) is 39.3. The van der Waals surface area contributed by atoms with Gasteiger partial charge in [0.15, 0.2) is 0 Å². The molecule has 0 fully saturated rings. The van der Waals surface area contributed by atoms with Gasteiger partial charge in [-0.25, -0.2) is 0 Å². The van der Waals surface area contributed by atoms with Gasteiger partial charge in [-0.05, 0) is 119 Å². The second-order valence-corrected chi connectivity index (χ2v) is 18.9. The lowest BCUT2D eigenvalue weighted by molar-refractivity contribution is 0.398. The van der Waals surface area contributed by atoms with Gasteiger partial charge in [-0.1, -0.05) is 200 Å². The summed E-state index contributed by atoms with van der Waals surface area (Å²) in [7, 11) is 0. The highest BCUT2D eigenvalue weighted by molar-refractivity contribution is 6.08. The smallest absolute Gasteiger partial charge is 0.0491 e. The highest BCUT2D eigenvalue weighted by atomic mass is 15.1. The van der Waals surface area contributed by atoms with Gasteiger partial charge in [-0.3, -0.25) is 0 Å². The second kappa shape index (κ2) is 20.1. The number of benzene rings is 6. The SMILES string of the molecule is CCCCCCCCC1(CCCCCCCC)c2cc(C=Cc3ccc4c(c3)Cc3ccccc3N4CC)ccc2-c2ccc(C=Cc3ccc4c(c3)c3ccccc3n4CC)cc21. The van der Waals surface area contributed by atoms with Gasteiger partial charge in [0.05, 0.1) is 0 Å². The van der Waals surface area contributed by atoms with Crippen molar-refractivity contribution in [3.05, 3.63) is 166 Å². The van der Waals surface area contributed by atoms with E-state index in [0.29, 0.717) is 0 Å². The molecular weight excluding hydrogens is 773 g/mol. The molecule has 1 aliphatic heterocycles. The van der Waals surface area contributed by atoms with Crippen LogP contribution in [0.15, 0.2) is 121 Å². The first kappa shape index (κ1) is 43.6. The van der Waals surface area contributed by atoms with Crippen LogP contribution in [0.2, 0.25) is 0 Å². The third-order valence-electron chi connectivity index (χ3n) is 14.7. The number of para-hydroxylation sites is 2. The van der Waals surface area contributed by atoms with Crippen LogP contribution in [0.1, 0.15) is 162 Å². The number of nitrogens with zero attached hydrogens (tertiary/aromatic N) is 2. The minimum atomic E-state index is 0.0115. The van der Waals surface area contributed by atoms with E-state index in [0.717, 1.165) is 19.5 Å². The van der Waals surface area contributed by atoms with Gasteiger partial charge in [0, 0.05) is 58.1 Å². The molecule has 328 valence electrons. The lowest BCUT2D eigenvalue weighted by Crippen LogP contribution is -2.25. The van der Waals surface area contributed by atoms with Crippen molar-refractivity contribution >= 4 is 57.5 Å². The first-order chi connectivity index (χ1) is 31.5. The van der Waals surface area contributed by atoms with Gasteiger partial charge in [0.1, 0.15) is 0 Å². The molecule has 0 spiro atoms. The molecule has 7 aromatic rings. The molecule has 2 nitrogen and oxygen atoms in total. The summed E-state index contributed by atoms with van der Waals surface area (Å²) in [6.45, 7) is 11.1. The molecule has 1 aromatic heterocycles. The molecule has 0 saturated carbocycles. The fourth-order valence-corrected chi connectivity index (χ4v) is 11.4. The Hall–Kier alpha value is -5.60. The Labute approximate surface area is 384 Å². The Balaban J connectivity index is 1.05. The maximum absolute atomic E-state index is 2.59. The van der Waals surface area contributed by atoms with Gasteiger partial charge in [0.25, 0.3) is 0 Å². The number of aryl methyl sites for hydroxylation is 1. The fourth-order valence-electron chi connectivity index (χ4n) is 11.4. The zero-order valence-corrected chi connectivity index (χ0v) is 39.3. The predicted molar refractivity (Wildman–Crippen MR) is 280 cm³/mol. The van der Waals surface area contributed by atoms with E-state index in [1.807, 2.05) is 0 Å². The highest BCUT2D eigenvalue weighted by Crippen LogP contribution is 2.55. The fraction of sp³-hybridized carbons (Fsp3) is 0.355. The van der Waals surface area contributed by atoms with Crippen LogP contribution in [-0.2, 0) is 18.4 Å². The predicted octanol–water partition coefficient (Wildman–Crippen LogP) is 18.0. The van der Waals surface area contributed by atoms with Crippen molar-refractivity contribution in [2.45, 2.75) is 136 Å². The van der Waals surface area contributed by atoms with Crippen LogP contribution in [0, 0.1) is 0 Å². The summed E-state index contributed by atoms with van der Waals surface area (Å²) in [5.74, 6) is 0. The molecule has 2 aliphatic rings. The molecule has 0 unspecified atom stereocenters. The summed E-state index contributed by atoms with van der Waals surface area (Å²) in [6.07, 6.45) is 28.7. The summed E-state index contributed by atoms with van der Waals surface area (Å²) in [6, 6.07) is 46.7. The number of unbranched alkanes of at least 4 members (excludes halogenated alkanes) is 10. The number of hydrogen-bond donors (Lipinski definition) is 0. The normalized spacial score (nSPS) is 13.9. The Morgan fingerprint density at radius 1 is 0.438 bits per heavy atom. The molecule has 0 saturated heterocycles. The van der Waals surface area contributed by atoms with Crippen molar-refractivity contribution < 1.29 is 0 Å². The lowest BCUT2D eigenvalue weighted by atomic mass is 9.70. The maximum Gasteiger partial charge on any atom is 0.0491 e. The molecule has 6 aromatic carbocycles. The van der Waals surface area contributed by atoms with Gasteiger partial charge in [-0.2, -0.15) is 0 Å². The number of anilines is 2. The van der Waals surface area contributed by atoms with Crippen LogP contribution < -0.4 is 4.90 Å². The lowest BCUT2D eigenvalue weighted by Gasteiger charge is -2.33. The number of hydrogen-bond acceptors (Lipinski definition) is 1. The minimum absolute atomic E-state index is 0.0115. The van der Waals surface area contributed by atoms with Crippen molar-refractivity contribution in [1.82, 2.24) is 4.57 Å². The zero-order chi connectivity index (χ0) is 43.9.